The summed E-state index contributed by atoms with van der Waals surface area (Å²) in [5.74, 6) is 1.18. The predicted molar refractivity (Wildman–Crippen MR) is 89.1 cm³/mol. The lowest BCUT2D eigenvalue weighted by molar-refractivity contribution is 0.328. The summed E-state index contributed by atoms with van der Waals surface area (Å²) in [5, 5.41) is 0.922. The highest BCUT2D eigenvalue weighted by molar-refractivity contribution is 5.90. The molecule has 1 aromatic heterocycles. The molecule has 0 saturated carbocycles. The zero-order valence-electron chi connectivity index (χ0n) is 12.6. The van der Waals surface area contributed by atoms with Crippen molar-refractivity contribution in [3.63, 3.8) is 0 Å². The van der Waals surface area contributed by atoms with E-state index < -0.39 is 0 Å². The van der Waals surface area contributed by atoms with E-state index in [9.17, 15) is 4.79 Å². The molecule has 0 bridgehead atoms. The molecule has 0 spiro atoms. The third-order valence-electron chi connectivity index (χ3n) is 3.38. The highest BCUT2D eigenvalue weighted by atomic mass is 16.5. The number of ether oxygens (including phenoxy) is 2. The number of rotatable bonds is 6. The Hall–Kier alpha value is -2.57. The van der Waals surface area contributed by atoms with E-state index in [-0.39, 0.29) is 5.43 Å². The lowest BCUT2D eigenvalue weighted by Crippen LogP contribution is -2.11. The monoisotopic (exact) mass is 314 g/mol. The third kappa shape index (κ3) is 3.13. The van der Waals surface area contributed by atoms with Crippen molar-refractivity contribution in [2.24, 2.45) is 11.5 Å². The number of nitrogens with two attached hydrogens (primary N) is 2. The second kappa shape index (κ2) is 6.68. The second-order valence-corrected chi connectivity index (χ2v) is 5.02. The fourth-order valence-corrected chi connectivity index (χ4v) is 2.35. The first-order chi connectivity index (χ1) is 11.2. The van der Waals surface area contributed by atoms with Crippen molar-refractivity contribution in [2.45, 2.75) is 0 Å². The molecule has 6 nitrogen and oxygen atoms in total. The quantitative estimate of drug-likeness (QED) is 0.671. The van der Waals surface area contributed by atoms with Crippen LogP contribution in [0.25, 0.3) is 21.9 Å². The molecule has 0 amide bonds. The van der Waals surface area contributed by atoms with Crippen LogP contribution in [0.15, 0.2) is 45.6 Å². The molecule has 0 radical (unpaired) electrons. The van der Waals surface area contributed by atoms with Gasteiger partial charge < -0.3 is 25.4 Å². The average molecular weight is 314 g/mol. The average Bonchev–Trinajstić information content (AvgIpc) is 2.59. The summed E-state index contributed by atoms with van der Waals surface area (Å²) in [4.78, 5) is 12.7. The second-order valence-electron chi connectivity index (χ2n) is 5.02. The Labute approximate surface area is 132 Å². The standard InChI is InChI=1S/C17H18N2O4/c18-5-7-21-11-1-3-15-13(9-11)17(20)14-10-12(22-8-6-19)2-4-16(14)23-15/h1-4,9-10H,5-8,18-19H2. The van der Waals surface area contributed by atoms with Gasteiger partial charge in [0.2, 0.25) is 5.43 Å². The summed E-state index contributed by atoms with van der Waals surface area (Å²) >= 11 is 0. The van der Waals surface area contributed by atoms with Crippen LogP contribution in [0.1, 0.15) is 0 Å². The Kier molecular flexibility index (Phi) is 4.45. The van der Waals surface area contributed by atoms with Crippen LogP contribution in [0.2, 0.25) is 0 Å². The minimum absolute atomic E-state index is 0.127. The van der Waals surface area contributed by atoms with Gasteiger partial charge in [0.1, 0.15) is 35.9 Å². The third-order valence-corrected chi connectivity index (χ3v) is 3.38. The normalized spacial score (nSPS) is 11.0. The van der Waals surface area contributed by atoms with Crippen LogP contribution in [-0.4, -0.2) is 26.3 Å². The molecule has 0 aliphatic carbocycles. The van der Waals surface area contributed by atoms with E-state index in [2.05, 4.69) is 0 Å². The largest absolute Gasteiger partial charge is 0.492 e. The van der Waals surface area contributed by atoms with Gasteiger partial charge in [-0.1, -0.05) is 0 Å². The van der Waals surface area contributed by atoms with Crippen LogP contribution in [0.3, 0.4) is 0 Å². The molecule has 120 valence electrons. The van der Waals surface area contributed by atoms with E-state index in [0.717, 1.165) is 0 Å². The zero-order valence-corrected chi connectivity index (χ0v) is 12.6. The molecule has 6 heteroatoms. The van der Waals surface area contributed by atoms with E-state index >= 15 is 0 Å². The van der Waals surface area contributed by atoms with Crippen LogP contribution in [-0.2, 0) is 0 Å². The highest BCUT2D eigenvalue weighted by Gasteiger charge is 2.10. The smallest absolute Gasteiger partial charge is 0.200 e. The molecule has 1 heterocycles. The van der Waals surface area contributed by atoms with Crippen molar-refractivity contribution in [3.05, 3.63) is 46.6 Å². The van der Waals surface area contributed by atoms with E-state index in [1.807, 2.05) is 0 Å². The number of hydrogen-bond donors (Lipinski definition) is 2. The first kappa shape index (κ1) is 15.3. The van der Waals surface area contributed by atoms with Gasteiger partial charge in [0.15, 0.2) is 0 Å². The van der Waals surface area contributed by atoms with Crippen molar-refractivity contribution in [3.8, 4) is 11.5 Å². The lowest BCUT2D eigenvalue weighted by Gasteiger charge is -2.08. The van der Waals surface area contributed by atoms with E-state index in [1.54, 1.807) is 36.4 Å². The van der Waals surface area contributed by atoms with Gasteiger partial charge in [0.25, 0.3) is 0 Å². The van der Waals surface area contributed by atoms with Gasteiger partial charge >= 0.3 is 0 Å². The molecular weight excluding hydrogens is 296 g/mol. The maximum atomic E-state index is 12.7. The Bertz CT molecular complexity index is 820. The molecule has 0 saturated heterocycles. The summed E-state index contributed by atoms with van der Waals surface area (Å²) in [6.45, 7) is 1.60. The van der Waals surface area contributed by atoms with Crippen LogP contribution < -0.4 is 26.4 Å². The Morgan fingerprint density at radius 1 is 0.826 bits per heavy atom. The van der Waals surface area contributed by atoms with Crippen LogP contribution in [0.5, 0.6) is 11.5 Å². The summed E-state index contributed by atoms with van der Waals surface area (Å²) in [7, 11) is 0. The molecule has 0 aliphatic rings. The fourth-order valence-electron chi connectivity index (χ4n) is 2.35. The maximum Gasteiger partial charge on any atom is 0.200 e. The topological polar surface area (TPSA) is 101 Å². The maximum absolute atomic E-state index is 12.7. The molecule has 0 fully saturated rings. The first-order valence-electron chi connectivity index (χ1n) is 7.39. The molecule has 0 atom stereocenters. The summed E-state index contributed by atoms with van der Waals surface area (Å²) in [6, 6.07) is 10.3. The van der Waals surface area contributed by atoms with E-state index in [1.165, 1.54) is 0 Å². The van der Waals surface area contributed by atoms with E-state index in [0.29, 0.717) is 59.7 Å². The van der Waals surface area contributed by atoms with Crippen molar-refractivity contribution in [1.82, 2.24) is 0 Å². The predicted octanol–water partition coefficient (Wildman–Crippen LogP) is 1.62. The molecule has 4 N–H and O–H groups in total. The Balaban J connectivity index is 2.11. The van der Waals surface area contributed by atoms with Gasteiger partial charge in [0.05, 0.1) is 10.8 Å². The van der Waals surface area contributed by atoms with Crippen LogP contribution in [0, 0.1) is 0 Å². The molecule has 2 aromatic carbocycles. The van der Waals surface area contributed by atoms with Crippen LogP contribution >= 0.6 is 0 Å². The number of hydrogen-bond acceptors (Lipinski definition) is 6. The highest BCUT2D eigenvalue weighted by Crippen LogP contribution is 2.25. The van der Waals surface area contributed by atoms with Crippen molar-refractivity contribution in [1.29, 1.82) is 0 Å². The van der Waals surface area contributed by atoms with Gasteiger partial charge in [-0.15, -0.1) is 0 Å². The molecular formula is C17H18N2O4. The number of benzene rings is 2. The minimum atomic E-state index is -0.127. The molecule has 0 unspecified atom stereocenters. The summed E-state index contributed by atoms with van der Waals surface area (Å²) in [6.07, 6.45) is 0. The van der Waals surface area contributed by atoms with Gasteiger partial charge in [-0.3, -0.25) is 4.79 Å². The first-order valence-corrected chi connectivity index (χ1v) is 7.39. The summed E-state index contributed by atoms with van der Waals surface area (Å²) in [5.41, 5.74) is 11.7. The van der Waals surface area contributed by atoms with Gasteiger partial charge in [-0.05, 0) is 36.4 Å². The zero-order chi connectivity index (χ0) is 16.2. The number of fused-ring (bicyclic) bond motifs is 2. The molecule has 23 heavy (non-hydrogen) atoms. The van der Waals surface area contributed by atoms with E-state index in [4.69, 9.17) is 25.4 Å². The SMILES string of the molecule is NCCOc1ccc2oc3ccc(OCCN)cc3c(=O)c2c1. The van der Waals surface area contributed by atoms with Crippen molar-refractivity contribution >= 4 is 21.9 Å². The van der Waals surface area contributed by atoms with Gasteiger partial charge in [0, 0.05) is 13.1 Å². The van der Waals surface area contributed by atoms with Crippen molar-refractivity contribution < 1.29 is 13.9 Å². The minimum Gasteiger partial charge on any atom is -0.492 e. The molecule has 3 aromatic rings. The van der Waals surface area contributed by atoms with Gasteiger partial charge in [-0.25, -0.2) is 0 Å². The van der Waals surface area contributed by atoms with Crippen molar-refractivity contribution in [2.75, 3.05) is 26.3 Å². The van der Waals surface area contributed by atoms with Gasteiger partial charge in [-0.2, -0.15) is 0 Å². The summed E-state index contributed by atoms with van der Waals surface area (Å²) < 4.78 is 16.7. The lowest BCUT2D eigenvalue weighted by atomic mass is 10.1. The molecule has 0 aliphatic heterocycles. The van der Waals surface area contributed by atoms with Crippen LogP contribution in [0.4, 0.5) is 0 Å². The Morgan fingerprint density at radius 2 is 1.30 bits per heavy atom. The Morgan fingerprint density at radius 3 is 1.74 bits per heavy atom. The molecule has 3 rings (SSSR count). The fraction of sp³-hybridized carbons (Fsp3) is 0.235.